The third-order valence-electron chi connectivity index (χ3n) is 1.11. The first-order valence-corrected chi connectivity index (χ1v) is 3.10. The lowest BCUT2D eigenvalue weighted by Crippen LogP contribution is -2.36. The number of carbonyl (C=O) groups is 2. The molecule has 2 amide bonds. The van der Waals surface area contributed by atoms with Gasteiger partial charge >= 0.3 is 12.2 Å². The summed E-state index contributed by atoms with van der Waals surface area (Å²) in [6, 6.07) is 0. The van der Waals surface area contributed by atoms with Gasteiger partial charge in [-0.05, 0) is 6.92 Å². The number of amides is 2. The van der Waals surface area contributed by atoms with Gasteiger partial charge < -0.3 is 9.47 Å². The van der Waals surface area contributed by atoms with Gasteiger partial charge in [0.1, 0.15) is 0 Å². The molecule has 0 spiro atoms. The van der Waals surface area contributed by atoms with E-state index in [2.05, 4.69) is 9.47 Å². The molecule has 0 bridgehead atoms. The summed E-state index contributed by atoms with van der Waals surface area (Å²) in [6.45, 7) is 1.88. The van der Waals surface area contributed by atoms with Crippen molar-refractivity contribution in [1.82, 2.24) is 4.90 Å². The van der Waals surface area contributed by atoms with Gasteiger partial charge in [0.25, 0.3) is 0 Å². The van der Waals surface area contributed by atoms with Crippen LogP contribution in [0.3, 0.4) is 0 Å². The highest BCUT2D eigenvalue weighted by Crippen LogP contribution is 1.95. The largest absolute Gasteiger partial charge is 0.452 e. The minimum absolute atomic E-state index is 0.235. The number of carbonyl (C=O) groups excluding carboxylic acids is 2. The molecule has 0 aliphatic heterocycles. The average molecular weight is 161 g/mol. The Balaban J connectivity index is 4.15. The number of rotatable bonds is 1. The molecule has 0 aromatic rings. The maximum Gasteiger partial charge on any atom is 0.419 e. The molecule has 0 rings (SSSR count). The fraction of sp³-hybridized carbons (Fsp3) is 0.667. The number of ether oxygens (including phenoxy) is 2. The highest BCUT2D eigenvalue weighted by atomic mass is 16.6. The quantitative estimate of drug-likeness (QED) is 0.571. The molecule has 64 valence electrons. The molecule has 0 aliphatic rings. The van der Waals surface area contributed by atoms with E-state index in [0.717, 1.165) is 4.90 Å². The Bertz CT molecular complexity index is 141. The number of methoxy groups -OCH3 is 2. The van der Waals surface area contributed by atoms with E-state index in [1.807, 2.05) is 0 Å². The SMILES string of the molecule is CCN(C(=O)OC)C(=O)OC. The lowest BCUT2D eigenvalue weighted by molar-refractivity contribution is 0.100. The average Bonchev–Trinajstić information content (AvgIpc) is 2.05. The van der Waals surface area contributed by atoms with Gasteiger partial charge in [0.15, 0.2) is 0 Å². The predicted octanol–water partition coefficient (Wildman–Crippen LogP) is 0.841. The van der Waals surface area contributed by atoms with Crippen LogP contribution >= 0.6 is 0 Å². The van der Waals surface area contributed by atoms with Crippen LogP contribution in [-0.4, -0.2) is 37.9 Å². The molecule has 11 heavy (non-hydrogen) atoms. The minimum Gasteiger partial charge on any atom is -0.452 e. The van der Waals surface area contributed by atoms with Gasteiger partial charge in [-0.2, -0.15) is 0 Å². The number of hydrogen-bond donors (Lipinski definition) is 0. The minimum atomic E-state index is -0.709. The van der Waals surface area contributed by atoms with Crippen molar-refractivity contribution in [2.45, 2.75) is 6.92 Å². The Morgan fingerprint density at radius 1 is 1.18 bits per heavy atom. The van der Waals surface area contributed by atoms with E-state index >= 15 is 0 Å². The van der Waals surface area contributed by atoms with Crippen LogP contribution in [0.4, 0.5) is 9.59 Å². The Morgan fingerprint density at radius 3 is 1.73 bits per heavy atom. The van der Waals surface area contributed by atoms with Gasteiger partial charge in [-0.3, -0.25) is 0 Å². The van der Waals surface area contributed by atoms with Crippen LogP contribution in [0.25, 0.3) is 0 Å². The van der Waals surface area contributed by atoms with Crippen molar-refractivity contribution in [3.63, 3.8) is 0 Å². The van der Waals surface area contributed by atoms with Crippen LogP contribution in [0, 0.1) is 0 Å². The summed E-state index contributed by atoms with van der Waals surface area (Å²) >= 11 is 0. The molecule has 0 radical (unpaired) electrons. The molecule has 0 aromatic heterocycles. The summed E-state index contributed by atoms with van der Waals surface area (Å²) in [4.78, 5) is 22.3. The molecule has 0 aliphatic carbocycles. The molecular weight excluding hydrogens is 150 g/mol. The smallest absolute Gasteiger partial charge is 0.419 e. The van der Waals surface area contributed by atoms with Crippen molar-refractivity contribution >= 4 is 12.2 Å². The predicted molar refractivity (Wildman–Crippen MR) is 37.2 cm³/mol. The van der Waals surface area contributed by atoms with Crippen molar-refractivity contribution in [2.24, 2.45) is 0 Å². The van der Waals surface area contributed by atoms with Crippen LogP contribution in [0.2, 0.25) is 0 Å². The van der Waals surface area contributed by atoms with Crippen molar-refractivity contribution in [3.05, 3.63) is 0 Å². The van der Waals surface area contributed by atoms with E-state index < -0.39 is 12.2 Å². The third kappa shape index (κ3) is 2.45. The van der Waals surface area contributed by atoms with Crippen LogP contribution in [-0.2, 0) is 9.47 Å². The summed E-state index contributed by atoms with van der Waals surface area (Å²) in [7, 11) is 2.40. The fourth-order valence-electron chi connectivity index (χ4n) is 0.553. The van der Waals surface area contributed by atoms with Crippen LogP contribution < -0.4 is 0 Å². The molecule has 5 heteroatoms. The molecule has 0 unspecified atom stereocenters. The lowest BCUT2D eigenvalue weighted by Gasteiger charge is -2.14. The van der Waals surface area contributed by atoms with Gasteiger partial charge in [-0.15, -0.1) is 0 Å². The van der Waals surface area contributed by atoms with Crippen molar-refractivity contribution < 1.29 is 19.1 Å². The second kappa shape index (κ2) is 4.54. The van der Waals surface area contributed by atoms with Gasteiger partial charge in [0.2, 0.25) is 0 Å². The zero-order valence-corrected chi connectivity index (χ0v) is 6.79. The zero-order chi connectivity index (χ0) is 8.85. The van der Waals surface area contributed by atoms with Crippen LogP contribution in [0.1, 0.15) is 6.92 Å². The first kappa shape index (κ1) is 9.74. The fourth-order valence-corrected chi connectivity index (χ4v) is 0.553. The number of imide groups is 1. The van der Waals surface area contributed by atoms with E-state index in [-0.39, 0.29) is 6.54 Å². The number of hydrogen-bond acceptors (Lipinski definition) is 4. The van der Waals surface area contributed by atoms with E-state index in [9.17, 15) is 9.59 Å². The first-order valence-electron chi connectivity index (χ1n) is 3.10. The normalized spacial score (nSPS) is 8.64. The van der Waals surface area contributed by atoms with Crippen molar-refractivity contribution in [2.75, 3.05) is 20.8 Å². The topological polar surface area (TPSA) is 55.8 Å². The monoisotopic (exact) mass is 161 g/mol. The molecule has 0 atom stereocenters. The van der Waals surface area contributed by atoms with Crippen molar-refractivity contribution in [3.8, 4) is 0 Å². The summed E-state index contributed by atoms with van der Waals surface area (Å²) in [6.07, 6.45) is -1.42. The van der Waals surface area contributed by atoms with E-state index in [1.54, 1.807) is 6.92 Å². The van der Waals surface area contributed by atoms with Gasteiger partial charge in [-0.25, -0.2) is 14.5 Å². The summed E-state index contributed by atoms with van der Waals surface area (Å²) in [5.41, 5.74) is 0. The third-order valence-corrected chi connectivity index (χ3v) is 1.11. The van der Waals surface area contributed by atoms with E-state index in [4.69, 9.17) is 0 Å². The molecule has 0 saturated carbocycles. The Kier molecular flexibility index (Phi) is 4.02. The first-order chi connectivity index (χ1) is 5.17. The summed E-state index contributed by atoms with van der Waals surface area (Å²) in [5, 5.41) is 0. The van der Waals surface area contributed by atoms with Crippen LogP contribution in [0.15, 0.2) is 0 Å². The molecule has 0 heterocycles. The second-order valence-corrected chi connectivity index (χ2v) is 1.68. The van der Waals surface area contributed by atoms with Gasteiger partial charge in [-0.1, -0.05) is 0 Å². The molecule has 0 fully saturated rings. The van der Waals surface area contributed by atoms with E-state index in [1.165, 1.54) is 14.2 Å². The van der Waals surface area contributed by atoms with E-state index in [0.29, 0.717) is 0 Å². The van der Waals surface area contributed by atoms with Gasteiger partial charge in [0.05, 0.1) is 14.2 Å². The highest BCUT2D eigenvalue weighted by Gasteiger charge is 2.19. The molecule has 0 N–H and O–H groups in total. The Labute approximate surface area is 64.9 Å². The Morgan fingerprint density at radius 2 is 1.55 bits per heavy atom. The molecule has 5 nitrogen and oxygen atoms in total. The van der Waals surface area contributed by atoms with Crippen molar-refractivity contribution in [1.29, 1.82) is 0 Å². The molecular formula is C6H11NO4. The number of nitrogens with zero attached hydrogens (tertiary/aromatic N) is 1. The maximum absolute atomic E-state index is 10.7. The summed E-state index contributed by atoms with van der Waals surface area (Å²) in [5.74, 6) is 0. The standard InChI is InChI=1S/C6H11NO4/c1-4-7(5(8)10-2)6(9)11-3/h4H2,1-3H3. The lowest BCUT2D eigenvalue weighted by atomic mass is 10.6. The maximum atomic E-state index is 10.7. The zero-order valence-electron chi connectivity index (χ0n) is 6.79. The summed E-state index contributed by atoms with van der Waals surface area (Å²) < 4.78 is 8.62. The molecule has 0 aromatic carbocycles. The highest BCUT2D eigenvalue weighted by molar-refractivity contribution is 5.87. The Hall–Kier alpha value is -1.26. The van der Waals surface area contributed by atoms with Gasteiger partial charge in [0, 0.05) is 6.54 Å². The van der Waals surface area contributed by atoms with Crippen LogP contribution in [0.5, 0.6) is 0 Å². The molecule has 0 saturated heterocycles. The second-order valence-electron chi connectivity index (χ2n) is 1.68.